The number of amides is 1. The van der Waals surface area contributed by atoms with E-state index in [9.17, 15) is 19.5 Å². The van der Waals surface area contributed by atoms with E-state index in [0.29, 0.717) is 48.1 Å². The molecule has 7 heteroatoms. The van der Waals surface area contributed by atoms with Crippen LogP contribution in [0.3, 0.4) is 0 Å². The van der Waals surface area contributed by atoms with Gasteiger partial charge < -0.3 is 15.2 Å². The molecule has 290 valence electrons. The number of hydrogen-bond donors (Lipinski definition) is 2. The Morgan fingerprint density at radius 3 is 2.25 bits per heavy atom. The summed E-state index contributed by atoms with van der Waals surface area (Å²) in [5, 5.41) is 21.8. The maximum Gasteiger partial charge on any atom is 0.306 e. The van der Waals surface area contributed by atoms with Crippen LogP contribution < -0.4 is 5.32 Å². The largest absolute Gasteiger partial charge is 0.481 e. The Morgan fingerprint density at radius 2 is 1.60 bits per heavy atom. The molecule has 53 heavy (non-hydrogen) atoms. The zero-order valence-electron chi connectivity index (χ0n) is 33.9. The van der Waals surface area contributed by atoms with Gasteiger partial charge in [-0.15, -0.1) is 0 Å². The highest BCUT2D eigenvalue weighted by molar-refractivity contribution is 5.77. The number of fused-ring (bicyclic) bond motifs is 7. The molecule has 5 fully saturated rings. The SMILES string of the molecule is C=C(C)[C@@H]1CC[C@]2(CC(=O)NCc3ccc(C#N)cc3)CC[C@]3(C)[C@H](CC[C@@H]4[C@@]5(C)CC[C@H](OC(=O)CC(C)(C)CC(=O)O)C(C)(C)[C@@H]5CC[C@]43C)[C@@H]12. The molecule has 0 aromatic heterocycles. The molecule has 5 aliphatic carbocycles. The number of esters is 1. The van der Waals surface area contributed by atoms with Crippen molar-refractivity contribution in [3.8, 4) is 6.07 Å². The Morgan fingerprint density at radius 1 is 0.906 bits per heavy atom. The number of benzene rings is 1. The maximum atomic E-state index is 13.8. The van der Waals surface area contributed by atoms with E-state index < -0.39 is 11.4 Å². The number of allylic oxidation sites excluding steroid dienone is 1. The number of nitrogens with zero attached hydrogens (tertiary/aromatic N) is 1. The van der Waals surface area contributed by atoms with Crippen LogP contribution >= 0.6 is 0 Å². The van der Waals surface area contributed by atoms with Crippen LogP contribution in [0.25, 0.3) is 0 Å². The van der Waals surface area contributed by atoms with E-state index in [1.165, 1.54) is 24.8 Å². The average molecular weight is 727 g/mol. The van der Waals surface area contributed by atoms with Crippen LogP contribution in [-0.2, 0) is 25.7 Å². The molecule has 0 unspecified atom stereocenters. The maximum absolute atomic E-state index is 13.8. The molecule has 1 aromatic rings. The van der Waals surface area contributed by atoms with Gasteiger partial charge in [0.15, 0.2) is 0 Å². The van der Waals surface area contributed by atoms with Crippen molar-refractivity contribution in [3.63, 3.8) is 0 Å². The fourth-order valence-electron chi connectivity index (χ4n) is 14.1. The first-order valence-electron chi connectivity index (χ1n) is 20.5. The van der Waals surface area contributed by atoms with E-state index in [1.807, 2.05) is 38.1 Å². The lowest BCUT2D eigenvalue weighted by Gasteiger charge is -2.73. The summed E-state index contributed by atoms with van der Waals surface area (Å²) in [6, 6.07) is 9.65. The lowest BCUT2D eigenvalue weighted by Crippen LogP contribution is -2.67. The quantitative estimate of drug-likeness (QED) is 0.183. The Bertz CT molecular complexity index is 1660. The van der Waals surface area contributed by atoms with Crippen LogP contribution in [0.5, 0.6) is 0 Å². The molecule has 0 spiro atoms. The smallest absolute Gasteiger partial charge is 0.306 e. The zero-order chi connectivity index (χ0) is 38.8. The Labute approximate surface area is 319 Å². The van der Waals surface area contributed by atoms with Gasteiger partial charge in [-0.2, -0.15) is 5.26 Å². The number of rotatable bonds is 10. The summed E-state index contributed by atoms with van der Waals surface area (Å²) in [6.07, 6.45) is 11.5. The van der Waals surface area contributed by atoms with Crippen molar-refractivity contribution in [2.75, 3.05) is 0 Å². The molecule has 6 rings (SSSR count). The predicted molar refractivity (Wildman–Crippen MR) is 207 cm³/mol. The lowest BCUT2D eigenvalue weighted by molar-refractivity contribution is -0.250. The van der Waals surface area contributed by atoms with Crippen molar-refractivity contribution in [1.29, 1.82) is 5.26 Å². The highest BCUT2D eigenvalue weighted by atomic mass is 16.5. The molecule has 0 heterocycles. The van der Waals surface area contributed by atoms with E-state index in [-0.39, 0.29) is 57.9 Å². The van der Waals surface area contributed by atoms with Crippen molar-refractivity contribution >= 4 is 17.8 Å². The van der Waals surface area contributed by atoms with Gasteiger partial charge in [0.05, 0.1) is 24.5 Å². The lowest BCUT2D eigenvalue weighted by atomic mass is 9.32. The number of carbonyl (C=O) groups is 3. The first-order chi connectivity index (χ1) is 24.7. The van der Waals surface area contributed by atoms with Gasteiger partial charge in [0.25, 0.3) is 0 Å². The highest BCUT2D eigenvalue weighted by Gasteiger charge is 2.71. The normalized spacial score (nSPS) is 38.5. The molecule has 10 atom stereocenters. The number of aliphatic carboxylic acids is 1. The molecule has 0 radical (unpaired) electrons. The summed E-state index contributed by atoms with van der Waals surface area (Å²) in [5.41, 5.74) is 2.57. The molecule has 5 saturated carbocycles. The van der Waals surface area contributed by atoms with Gasteiger partial charge in [0.2, 0.25) is 5.91 Å². The van der Waals surface area contributed by atoms with Crippen molar-refractivity contribution in [2.45, 2.75) is 152 Å². The summed E-state index contributed by atoms with van der Waals surface area (Å²) in [5.74, 6) is 1.44. The monoisotopic (exact) mass is 726 g/mol. The van der Waals surface area contributed by atoms with Gasteiger partial charge in [0, 0.05) is 18.4 Å². The number of carboxylic acid groups (broad SMARTS) is 1. The summed E-state index contributed by atoms with van der Waals surface area (Å²) in [7, 11) is 0. The molecule has 5 aliphatic rings. The summed E-state index contributed by atoms with van der Waals surface area (Å²) >= 11 is 0. The van der Waals surface area contributed by atoms with Gasteiger partial charge in [-0.25, -0.2) is 0 Å². The molecular formula is C46H66N2O5. The van der Waals surface area contributed by atoms with Gasteiger partial charge in [0.1, 0.15) is 6.10 Å². The first-order valence-corrected chi connectivity index (χ1v) is 20.5. The first kappa shape index (κ1) is 39.6. The topological polar surface area (TPSA) is 116 Å². The fraction of sp³-hybridized carbons (Fsp3) is 0.739. The van der Waals surface area contributed by atoms with E-state index in [2.05, 4.69) is 59.5 Å². The third-order valence-electron chi connectivity index (χ3n) is 16.8. The molecule has 0 saturated heterocycles. The number of carboxylic acids is 1. The van der Waals surface area contributed by atoms with Crippen LogP contribution in [0.2, 0.25) is 0 Å². The Balaban J connectivity index is 1.20. The van der Waals surface area contributed by atoms with Crippen molar-refractivity contribution in [1.82, 2.24) is 5.32 Å². The predicted octanol–water partition coefficient (Wildman–Crippen LogP) is 10.0. The Hall–Kier alpha value is -3.14. The molecule has 1 amide bonds. The van der Waals surface area contributed by atoms with Gasteiger partial charge in [-0.05, 0) is 145 Å². The van der Waals surface area contributed by atoms with Crippen LogP contribution in [0.15, 0.2) is 36.4 Å². The van der Waals surface area contributed by atoms with Gasteiger partial charge >= 0.3 is 11.9 Å². The minimum absolute atomic E-state index is 0.00416. The van der Waals surface area contributed by atoms with Crippen LogP contribution in [0.1, 0.15) is 150 Å². The van der Waals surface area contributed by atoms with Crippen molar-refractivity contribution in [3.05, 3.63) is 47.5 Å². The fourth-order valence-corrected chi connectivity index (χ4v) is 14.1. The van der Waals surface area contributed by atoms with E-state index >= 15 is 0 Å². The number of ether oxygens (including phenoxy) is 1. The molecule has 2 N–H and O–H groups in total. The summed E-state index contributed by atoms with van der Waals surface area (Å²) in [6.45, 7) is 23.4. The number of nitrogens with one attached hydrogen (secondary N) is 1. The zero-order valence-corrected chi connectivity index (χ0v) is 33.9. The number of carbonyl (C=O) groups excluding carboxylic acids is 2. The standard InChI is InChI=1S/C46H66N2O5/c1-29(2)32-16-21-46(24-37(49)48-28-31-12-10-30(27-47)11-13-31)23-22-44(8)33(40(32)46)14-15-35-43(7)19-18-36(42(5,6)34(43)17-20-45(35,44)9)53-39(52)26-41(3,4)25-38(50)51/h10-13,32-36,40H,1,14-26,28H2,2-9H3,(H,48,49)(H,50,51)/t32-,33+,34-,35+,36-,40+,43-,44+,45+,46+/m0/s1. The Kier molecular flexibility index (Phi) is 10.3. The van der Waals surface area contributed by atoms with Crippen LogP contribution in [0.4, 0.5) is 0 Å². The second-order valence-electron chi connectivity index (χ2n) is 20.6. The minimum Gasteiger partial charge on any atom is -0.481 e. The molecule has 0 bridgehead atoms. The third kappa shape index (κ3) is 6.77. The molecule has 1 aromatic carbocycles. The number of nitriles is 1. The van der Waals surface area contributed by atoms with Crippen LogP contribution in [-0.4, -0.2) is 29.1 Å². The second-order valence-corrected chi connectivity index (χ2v) is 20.6. The molecular weight excluding hydrogens is 661 g/mol. The second kappa shape index (κ2) is 13.9. The third-order valence-corrected chi connectivity index (χ3v) is 16.8. The van der Waals surface area contributed by atoms with E-state index in [4.69, 9.17) is 10.00 Å². The highest BCUT2D eigenvalue weighted by Crippen LogP contribution is 2.78. The average Bonchev–Trinajstić information content (AvgIpc) is 3.44. The summed E-state index contributed by atoms with van der Waals surface area (Å²) < 4.78 is 6.28. The van der Waals surface area contributed by atoms with Crippen molar-refractivity contribution in [2.24, 2.45) is 62.1 Å². The van der Waals surface area contributed by atoms with Crippen molar-refractivity contribution < 1.29 is 24.2 Å². The van der Waals surface area contributed by atoms with Gasteiger partial charge in [-0.3, -0.25) is 14.4 Å². The summed E-state index contributed by atoms with van der Waals surface area (Å²) in [4.78, 5) is 38.4. The van der Waals surface area contributed by atoms with Gasteiger partial charge in [-0.1, -0.05) is 72.8 Å². The van der Waals surface area contributed by atoms with E-state index in [0.717, 1.165) is 50.5 Å². The van der Waals surface area contributed by atoms with E-state index in [1.54, 1.807) is 0 Å². The molecule has 7 nitrogen and oxygen atoms in total. The minimum atomic E-state index is -0.890. The molecule has 0 aliphatic heterocycles. The number of hydrogen-bond acceptors (Lipinski definition) is 5. The van der Waals surface area contributed by atoms with Crippen LogP contribution in [0, 0.1) is 73.4 Å².